The largest absolute Gasteiger partial charge is 0.496 e. The van der Waals surface area contributed by atoms with Gasteiger partial charge in [0.1, 0.15) is 5.75 Å². The maximum absolute atomic E-state index is 10.1. The number of halogens is 1. The quantitative estimate of drug-likeness (QED) is 0.616. The number of benzene rings is 1. The summed E-state index contributed by atoms with van der Waals surface area (Å²) >= 11 is 3.35. The molecule has 0 N–H and O–H groups in total. The van der Waals surface area contributed by atoms with Gasteiger partial charge in [-0.25, -0.2) is 4.79 Å². The molecule has 1 atom stereocenters. The summed E-state index contributed by atoms with van der Waals surface area (Å²) in [6.07, 6.45) is 1.54. The summed E-state index contributed by atoms with van der Waals surface area (Å²) in [5.41, 5.74) is 0.866. The average molecular weight is 256 g/mol. The highest BCUT2D eigenvalue weighted by Gasteiger charge is 2.10. The molecule has 0 amide bonds. The van der Waals surface area contributed by atoms with Crippen molar-refractivity contribution in [1.82, 2.24) is 0 Å². The number of methoxy groups -OCH3 is 1. The van der Waals surface area contributed by atoms with E-state index in [1.165, 1.54) is 0 Å². The van der Waals surface area contributed by atoms with E-state index in [1.54, 1.807) is 13.2 Å². The molecule has 0 heterocycles. The lowest BCUT2D eigenvalue weighted by molar-refractivity contribution is 0.407. The molecule has 3 nitrogen and oxygen atoms in total. The molecular formula is C10H10BrNO2. The monoisotopic (exact) mass is 255 g/mol. The average Bonchev–Trinajstić information content (AvgIpc) is 2.18. The van der Waals surface area contributed by atoms with Crippen LogP contribution in [0.3, 0.4) is 0 Å². The minimum absolute atomic E-state index is 0.236. The van der Waals surface area contributed by atoms with Crippen LogP contribution in [0.4, 0.5) is 0 Å². The zero-order valence-electron chi connectivity index (χ0n) is 7.95. The molecule has 1 aromatic carbocycles. The SMILES string of the molecule is COc1ccc(Br)cc1C(C)N=C=O. The number of nitrogens with zero attached hydrogens (tertiary/aromatic N) is 1. The number of rotatable bonds is 3. The van der Waals surface area contributed by atoms with Crippen LogP contribution in [0.1, 0.15) is 18.5 Å². The van der Waals surface area contributed by atoms with Crippen LogP contribution in [0.5, 0.6) is 5.75 Å². The molecule has 0 aliphatic heterocycles. The van der Waals surface area contributed by atoms with E-state index < -0.39 is 0 Å². The third-order valence-electron chi connectivity index (χ3n) is 1.89. The van der Waals surface area contributed by atoms with E-state index in [0.717, 1.165) is 15.8 Å². The van der Waals surface area contributed by atoms with Crippen molar-refractivity contribution in [2.75, 3.05) is 7.11 Å². The molecule has 74 valence electrons. The Hall–Kier alpha value is -1.12. The second-order valence-corrected chi connectivity index (χ2v) is 3.70. The van der Waals surface area contributed by atoms with Crippen molar-refractivity contribution in [3.63, 3.8) is 0 Å². The Labute approximate surface area is 90.9 Å². The van der Waals surface area contributed by atoms with Crippen LogP contribution in [0.15, 0.2) is 27.7 Å². The molecule has 0 aliphatic carbocycles. The van der Waals surface area contributed by atoms with Gasteiger partial charge in [0, 0.05) is 10.0 Å². The number of hydrogen-bond donors (Lipinski definition) is 0. The predicted octanol–water partition coefficient (Wildman–Crippen LogP) is 2.85. The third kappa shape index (κ3) is 2.44. The van der Waals surface area contributed by atoms with Crippen molar-refractivity contribution in [3.8, 4) is 5.75 Å². The van der Waals surface area contributed by atoms with Crippen LogP contribution in [-0.4, -0.2) is 13.2 Å². The first-order valence-corrected chi connectivity index (χ1v) is 4.88. The summed E-state index contributed by atoms with van der Waals surface area (Å²) in [6, 6.07) is 5.35. The van der Waals surface area contributed by atoms with E-state index in [4.69, 9.17) is 4.74 Å². The number of carbonyl (C=O) groups excluding carboxylic acids is 1. The standard InChI is InChI=1S/C10H10BrNO2/c1-7(12-6-13)9-5-8(11)3-4-10(9)14-2/h3-5,7H,1-2H3. The molecule has 14 heavy (non-hydrogen) atoms. The summed E-state index contributed by atoms with van der Waals surface area (Å²) in [4.78, 5) is 13.8. The number of aliphatic imine (C=N–C) groups is 1. The Morgan fingerprint density at radius 1 is 1.57 bits per heavy atom. The van der Waals surface area contributed by atoms with Crippen molar-refractivity contribution < 1.29 is 9.53 Å². The summed E-state index contributed by atoms with van der Waals surface area (Å²) in [5, 5.41) is 0. The highest BCUT2D eigenvalue weighted by atomic mass is 79.9. The van der Waals surface area contributed by atoms with Gasteiger partial charge < -0.3 is 4.74 Å². The van der Waals surface area contributed by atoms with E-state index >= 15 is 0 Å². The fourth-order valence-corrected chi connectivity index (χ4v) is 1.56. The predicted molar refractivity (Wildman–Crippen MR) is 57.2 cm³/mol. The van der Waals surface area contributed by atoms with Crippen molar-refractivity contribution in [2.45, 2.75) is 13.0 Å². The zero-order valence-corrected chi connectivity index (χ0v) is 9.54. The normalized spacial score (nSPS) is 11.6. The zero-order chi connectivity index (χ0) is 10.6. The fraction of sp³-hybridized carbons (Fsp3) is 0.300. The first-order chi connectivity index (χ1) is 6.69. The molecule has 0 aliphatic rings. The Bertz CT molecular complexity index is 372. The van der Waals surface area contributed by atoms with Gasteiger partial charge in [0.2, 0.25) is 6.08 Å². The van der Waals surface area contributed by atoms with Crippen molar-refractivity contribution >= 4 is 22.0 Å². The summed E-state index contributed by atoms with van der Waals surface area (Å²) in [6.45, 7) is 1.81. The van der Waals surface area contributed by atoms with Gasteiger partial charge in [-0.1, -0.05) is 15.9 Å². The Morgan fingerprint density at radius 3 is 2.86 bits per heavy atom. The van der Waals surface area contributed by atoms with Crippen molar-refractivity contribution in [3.05, 3.63) is 28.2 Å². The lowest BCUT2D eigenvalue weighted by atomic mass is 10.1. The lowest BCUT2D eigenvalue weighted by Gasteiger charge is -2.10. The molecular weight excluding hydrogens is 246 g/mol. The van der Waals surface area contributed by atoms with Gasteiger partial charge in [-0.15, -0.1) is 0 Å². The van der Waals surface area contributed by atoms with Gasteiger partial charge in [0.05, 0.1) is 13.2 Å². The first-order valence-electron chi connectivity index (χ1n) is 4.09. The molecule has 1 aromatic rings. The van der Waals surface area contributed by atoms with E-state index in [9.17, 15) is 4.79 Å². The number of hydrogen-bond acceptors (Lipinski definition) is 3. The summed E-state index contributed by atoms with van der Waals surface area (Å²) < 4.78 is 6.09. The second-order valence-electron chi connectivity index (χ2n) is 2.78. The van der Waals surface area contributed by atoms with Crippen LogP contribution >= 0.6 is 15.9 Å². The van der Waals surface area contributed by atoms with Crippen LogP contribution in [0.2, 0.25) is 0 Å². The van der Waals surface area contributed by atoms with Crippen molar-refractivity contribution in [1.29, 1.82) is 0 Å². The molecule has 0 bridgehead atoms. The summed E-state index contributed by atoms with van der Waals surface area (Å²) in [7, 11) is 1.59. The fourth-order valence-electron chi connectivity index (χ4n) is 1.18. The highest BCUT2D eigenvalue weighted by molar-refractivity contribution is 9.10. The van der Waals surface area contributed by atoms with Gasteiger partial charge >= 0.3 is 0 Å². The minimum atomic E-state index is -0.236. The maximum Gasteiger partial charge on any atom is 0.235 e. The minimum Gasteiger partial charge on any atom is -0.496 e. The van der Waals surface area contributed by atoms with Gasteiger partial charge in [0.15, 0.2) is 0 Å². The topological polar surface area (TPSA) is 38.7 Å². The Kier molecular flexibility index (Phi) is 3.86. The number of ether oxygens (including phenoxy) is 1. The molecule has 0 aromatic heterocycles. The lowest BCUT2D eigenvalue weighted by Crippen LogP contribution is -1.95. The molecule has 0 saturated carbocycles. The molecule has 0 fully saturated rings. The van der Waals surface area contributed by atoms with Crippen LogP contribution in [-0.2, 0) is 4.79 Å². The van der Waals surface area contributed by atoms with Gasteiger partial charge in [-0.2, -0.15) is 4.99 Å². The molecule has 0 spiro atoms. The first kappa shape index (κ1) is 11.0. The smallest absolute Gasteiger partial charge is 0.235 e. The van der Waals surface area contributed by atoms with Crippen LogP contribution in [0.25, 0.3) is 0 Å². The third-order valence-corrected chi connectivity index (χ3v) is 2.38. The number of isocyanates is 1. The molecule has 0 radical (unpaired) electrons. The van der Waals surface area contributed by atoms with Gasteiger partial charge in [0.25, 0.3) is 0 Å². The molecule has 0 saturated heterocycles. The molecule has 1 rings (SSSR count). The van der Waals surface area contributed by atoms with E-state index in [-0.39, 0.29) is 6.04 Å². The highest BCUT2D eigenvalue weighted by Crippen LogP contribution is 2.29. The Balaban J connectivity index is 3.15. The van der Waals surface area contributed by atoms with E-state index in [2.05, 4.69) is 20.9 Å². The molecule has 1 unspecified atom stereocenters. The summed E-state index contributed by atoms with van der Waals surface area (Å²) in [5.74, 6) is 0.722. The Morgan fingerprint density at radius 2 is 2.29 bits per heavy atom. The van der Waals surface area contributed by atoms with E-state index in [1.807, 2.05) is 25.1 Å². The van der Waals surface area contributed by atoms with Crippen molar-refractivity contribution in [2.24, 2.45) is 4.99 Å². The van der Waals surface area contributed by atoms with Crippen LogP contribution in [0, 0.1) is 0 Å². The maximum atomic E-state index is 10.1. The van der Waals surface area contributed by atoms with E-state index in [0.29, 0.717) is 0 Å². The second kappa shape index (κ2) is 4.94. The van der Waals surface area contributed by atoms with Gasteiger partial charge in [-0.05, 0) is 25.1 Å². The molecule has 4 heteroatoms. The van der Waals surface area contributed by atoms with Gasteiger partial charge in [-0.3, -0.25) is 0 Å². The van der Waals surface area contributed by atoms with Crippen LogP contribution < -0.4 is 4.74 Å².